The van der Waals surface area contributed by atoms with E-state index < -0.39 is 0 Å². The van der Waals surface area contributed by atoms with Crippen molar-refractivity contribution in [2.75, 3.05) is 26.9 Å². The molecule has 2 rings (SSSR count). The molecule has 0 unspecified atom stereocenters. The Bertz CT molecular complexity index is 825. The molecule has 28 heavy (non-hydrogen) atoms. The van der Waals surface area contributed by atoms with Gasteiger partial charge in [0.25, 0.3) is 11.5 Å². The first-order valence-corrected chi connectivity index (χ1v) is 9.55. The molecule has 150 valence electrons. The van der Waals surface area contributed by atoms with E-state index in [-0.39, 0.29) is 17.2 Å². The van der Waals surface area contributed by atoms with E-state index in [2.05, 4.69) is 12.2 Å². The lowest BCUT2D eigenvalue weighted by Crippen LogP contribution is -2.31. The van der Waals surface area contributed by atoms with E-state index in [9.17, 15) is 9.59 Å². The van der Waals surface area contributed by atoms with Gasteiger partial charge in [-0.25, -0.2) is 0 Å². The Labute approximate surface area is 165 Å². The van der Waals surface area contributed by atoms with E-state index in [1.54, 1.807) is 31.5 Å². The molecule has 0 atom stereocenters. The van der Waals surface area contributed by atoms with Gasteiger partial charge >= 0.3 is 0 Å². The van der Waals surface area contributed by atoms with Gasteiger partial charge in [-0.05, 0) is 42.7 Å². The maximum absolute atomic E-state index is 12.8. The second-order valence-electron chi connectivity index (χ2n) is 6.29. The third kappa shape index (κ3) is 6.70. The number of carbonyl (C=O) groups excluding carboxylic acids is 1. The van der Waals surface area contributed by atoms with Crippen molar-refractivity contribution in [3.63, 3.8) is 0 Å². The molecule has 1 N–H and O–H groups in total. The molecule has 0 fully saturated rings. The van der Waals surface area contributed by atoms with Crippen LogP contribution in [0.25, 0.3) is 11.8 Å². The smallest absolute Gasteiger partial charge is 0.268 e. The van der Waals surface area contributed by atoms with Crippen LogP contribution in [0.4, 0.5) is 0 Å². The molecule has 1 heterocycles. The second kappa shape index (κ2) is 11.8. The topological polar surface area (TPSA) is 69.6 Å². The molecular formula is C22H28N2O4. The Balaban J connectivity index is 2.10. The Hall–Kier alpha value is -2.86. The predicted octanol–water partition coefficient (Wildman–Crippen LogP) is 3.18. The average Bonchev–Trinajstić information content (AvgIpc) is 2.72. The largest absolute Gasteiger partial charge is 0.497 e. The van der Waals surface area contributed by atoms with Crippen molar-refractivity contribution in [1.82, 2.24) is 9.88 Å². The number of rotatable bonds is 11. The number of aromatic nitrogens is 1. The third-order valence-corrected chi connectivity index (χ3v) is 4.13. The molecule has 6 heteroatoms. The van der Waals surface area contributed by atoms with Crippen LogP contribution >= 0.6 is 0 Å². The van der Waals surface area contributed by atoms with Gasteiger partial charge in [0.2, 0.25) is 0 Å². The second-order valence-corrected chi connectivity index (χ2v) is 6.29. The molecule has 0 bridgehead atoms. The van der Waals surface area contributed by atoms with Crippen LogP contribution < -0.4 is 15.6 Å². The quantitative estimate of drug-likeness (QED) is 0.477. The van der Waals surface area contributed by atoms with Crippen molar-refractivity contribution < 1.29 is 14.3 Å². The first-order chi connectivity index (χ1) is 13.7. The van der Waals surface area contributed by atoms with Gasteiger partial charge in [0.15, 0.2) is 0 Å². The highest BCUT2D eigenvalue weighted by Gasteiger charge is 2.12. The Morgan fingerprint density at radius 3 is 2.54 bits per heavy atom. The van der Waals surface area contributed by atoms with Gasteiger partial charge in [0.1, 0.15) is 11.4 Å². The Kier molecular flexibility index (Phi) is 9.01. The van der Waals surface area contributed by atoms with Gasteiger partial charge in [-0.3, -0.25) is 14.2 Å². The van der Waals surface area contributed by atoms with E-state index in [4.69, 9.17) is 9.47 Å². The fourth-order valence-electron chi connectivity index (χ4n) is 2.54. The van der Waals surface area contributed by atoms with Crippen molar-refractivity contribution in [1.29, 1.82) is 0 Å². The first-order valence-electron chi connectivity index (χ1n) is 9.55. The highest BCUT2D eigenvalue weighted by molar-refractivity contribution is 6.18. The Morgan fingerprint density at radius 2 is 1.86 bits per heavy atom. The summed E-state index contributed by atoms with van der Waals surface area (Å²) in [7, 11) is 1.60. The zero-order valence-corrected chi connectivity index (χ0v) is 16.5. The molecule has 0 radical (unpaired) electrons. The van der Waals surface area contributed by atoms with Crippen LogP contribution in [0.3, 0.4) is 0 Å². The predicted molar refractivity (Wildman–Crippen MR) is 111 cm³/mol. The third-order valence-electron chi connectivity index (χ3n) is 4.13. The standard InChI is InChI=1S/C22H28N2O4/c1-3-4-15-28-16-7-13-23-22(26)20(24-14-6-5-8-21(24)25)17-18-9-11-19(27-2)12-10-18/h5-6,8-12,14,17H,3-4,7,13,15-16H2,1-2H3,(H,23,26)/b20-17+. The number of benzene rings is 1. The van der Waals surface area contributed by atoms with Crippen LogP contribution in [-0.2, 0) is 9.53 Å². The van der Waals surface area contributed by atoms with E-state index in [1.165, 1.54) is 10.6 Å². The molecule has 0 aliphatic carbocycles. The highest BCUT2D eigenvalue weighted by Crippen LogP contribution is 2.15. The summed E-state index contributed by atoms with van der Waals surface area (Å²) in [6, 6.07) is 12.1. The molecule has 0 saturated carbocycles. The van der Waals surface area contributed by atoms with Crippen molar-refractivity contribution in [2.24, 2.45) is 0 Å². The van der Waals surface area contributed by atoms with Crippen molar-refractivity contribution in [3.8, 4) is 5.75 Å². The molecule has 1 amide bonds. The van der Waals surface area contributed by atoms with Crippen LogP contribution in [0.5, 0.6) is 5.75 Å². The number of nitrogens with one attached hydrogen (secondary N) is 1. The Morgan fingerprint density at radius 1 is 1.11 bits per heavy atom. The fourth-order valence-corrected chi connectivity index (χ4v) is 2.54. The number of amides is 1. The molecule has 0 saturated heterocycles. The van der Waals surface area contributed by atoms with Gasteiger partial charge in [0.05, 0.1) is 7.11 Å². The van der Waals surface area contributed by atoms with E-state index >= 15 is 0 Å². The molecule has 0 aliphatic heterocycles. The summed E-state index contributed by atoms with van der Waals surface area (Å²) in [5, 5.41) is 2.87. The van der Waals surface area contributed by atoms with Crippen molar-refractivity contribution in [2.45, 2.75) is 26.2 Å². The van der Waals surface area contributed by atoms with Gasteiger partial charge in [0, 0.05) is 32.0 Å². The van der Waals surface area contributed by atoms with Gasteiger partial charge in [-0.2, -0.15) is 0 Å². The van der Waals surface area contributed by atoms with E-state index in [0.29, 0.717) is 13.2 Å². The number of methoxy groups -OCH3 is 1. The number of ether oxygens (including phenoxy) is 2. The monoisotopic (exact) mass is 384 g/mol. The molecular weight excluding hydrogens is 356 g/mol. The summed E-state index contributed by atoms with van der Waals surface area (Å²) >= 11 is 0. The summed E-state index contributed by atoms with van der Waals surface area (Å²) in [4.78, 5) is 25.0. The summed E-state index contributed by atoms with van der Waals surface area (Å²) < 4.78 is 12.0. The van der Waals surface area contributed by atoms with Crippen LogP contribution in [0.15, 0.2) is 53.5 Å². The molecule has 1 aromatic carbocycles. The minimum atomic E-state index is -0.308. The highest BCUT2D eigenvalue weighted by atomic mass is 16.5. The minimum absolute atomic E-state index is 0.264. The summed E-state index contributed by atoms with van der Waals surface area (Å²) in [6.07, 6.45) is 6.13. The first kappa shape index (κ1) is 21.4. The molecule has 0 aliphatic rings. The lowest BCUT2D eigenvalue weighted by atomic mass is 10.1. The number of hydrogen-bond acceptors (Lipinski definition) is 4. The van der Waals surface area contributed by atoms with Gasteiger partial charge in [-0.1, -0.05) is 31.5 Å². The minimum Gasteiger partial charge on any atom is -0.497 e. The lowest BCUT2D eigenvalue weighted by Gasteiger charge is -2.12. The molecule has 6 nitrogen and oxygen atoms in total. The number of carbonyl (C=O) groups is 1. The van der Waals surface area contributed by atoms with E-state index in [1.807, 2.05) is 24.3 Å². The summed E-state index contributed by atoms with van der Waals surface area (Å²) in [5.41, 5.74) is 0.799. The van der Waals surface area contributed by atoms with Crippen LogP contribution in [0.1, 0.15) is 31.7 Å². The number of pyridine rings is 1. The fraction of sp³-hybridized carbons (Fsp3) is 0.364. The molecule has 0 spiro atoms. The summed E-state index contributed by atoms with van der Waals surface area (Å²) in [5.74, 6) is 0.417. The number of unbranched alkanes of at least 4 members (excludes halogenated alkanes) is 1. The van der Waals surface area contributed by atoms with E-state index in [0.717, 1.165) is 37.2 Å². The average molecular weight is 384 g/mol. The zero-order chi connectivity index (χ0) is 20.2. The zero-order valence-electron chi connectivity index (χ0n) is 16.5. The van der Waals surface area contributed by atoms with Crippen molar-refractivity contribution >= 4 is 17.7 Å². The normalized spacial score (nSPS) is 11.3. The SMILES string of the molecule is CCCCOCCCNC(=O)/C(=C\c1ccc(OC)cc1)n1ccccc1=O. The van der Waals surface area contributed by atoms with Crippen LogP contribution in [-0.4, -0.2) is 37.3 Å². The molecule has 2 aromatic rings. The van der Waals surface area contributed by atoms with Gasteiger partial charge in [-0.15, -0.1) is 0 Å². The summed E-state index contributed by atoms with van der Waals surface area (Å²) in [6.45, 7) is 3.94. The van der Waals surface area contributed by atoms with Gasteiger partial charge < -0.3 is 14.8 Å². The van der Waals surface area contributed by atoms with Crippen LogP contribution in [0.2, 0.25) is 0 Å². The molecule has 1 aromatic heterocycles. The number of hydrogen-bond donors (Lipinski definition) is 1. The maximum Gasteiger partial charge on any atom is 0.268 e. The van der Waals surface area contributed by atoms with Crippen molar-refractivity contribution in [3.05, 3.63) is 64.6 Å². The number of nitrogens with zero attached hydrogens (tertiary/aromatic N) is 1. The van der Waals surface area contributed by atoms with Crippen LogP contribution in [0, 0.1) is 0 Å². The maximum atomic E-state index is 12.8. The lowest BCUT2D eigenvalue weighted by molar-refractivity contribution is -0.116.